The number of methoxy groups -OCH3 is 1. The monoisotopic (exact) mass is 320 g/mol. The van der Waals surface area contributed by atoms with Crippen LogP contribution in [0.2, 0.25) is 0 Å². The zero-order valence-electron chi connectivity index (χ0n) is 12.5. The molecule has 0 fully saturated rings. The molecule has 0 bridgehead atoms. The number of nitrogens with zero attached hydrogens (tertiary/aromatic N) is 1. The number of hydrogen-bond acceptors (Lipinski definition) is 6. The van der Waals surface area contributed by atoms with Gasteiger partial charge >= 0.3 is 0 Å². The molecule has 0 aliphatic heterocycles. The lowest BCUT2D eigenvalue weighted by Gasteiger charge is -2.13. The van der Waals surface area contributed by atoms with Crippen molar-refractivity contribution >= 4 is 28.2 Å². The Labute approximate surface area is 132 Å². The molecular weight excluding hydrogens is 304 g/mol. The molecule has 6 nitrogen and oxygen atoms in total. The van der Waals surface area contributed by atoms with Crippen LogP contribution in [0.5, 0.6) is 11.5 Å². The molecule has 0 aliphatic carbocycles. The fourth-order valence-electron chi connectivity index (χ4n) is 1.61. The summed E-state index contributed by atoms with van der Waals surface area (Å²) >= 11 is 1.20. The van der Waals surface area contributed by atoms with Gasteiger partial charge in [0.2, 0.25) is 0 Å². The highest BCUT2D eigenvalue weighted by atomic mass is 32.1. The number of rotatable bonds is 6. The van der Waals surface area contributed by atoms with Gasteiger partial charge in [-0.25, -0.2) is 4.98 Å². The summed E-state index contributed by atoms with van der Waals surface area (Å²) < 4.78 is 10.6. The molecule has 116 valence electrons. The average molecular weight is 320 g/mol. The molecule has 2 aromatic rings. The summed E-state index contributed by atoms with van der Waals surface area (Å²) in [5.74, 6) is 0.801. The Hall–Kier alpha value is -2.41. The van der Waals surface area contributed by atoms with E-state index in [0.717, 1.165) is 0 Å². The van der Waals surface area contributed by atoms with E-state index in [1.54, 1.807) is 43.7 Å². The standard InChI is InChI=1S/C15H16N2O4S/c1-9(18)13-8-22-15(16-13)17-14(19)10(2)21-12-6-4-11(20-3)5-7-12/h4-8,10H,1-3H3,(H,16,17,19)/t10-/m0/s1. The quantitative estimate of drug-likeness (QED) is 0.828. The molecule has 0 aliphatic rings. The second kappa shape index (κ2) is 7.04. The van der Waals surface area contributed by atoms with Crippen molar-refractivity contribution in [3.63, 3.8) is 0 Å². The first-order valence-corrected chi connectivity index (χ1v) is 7.45. The van der Waals surface area contributed by atoms with Gasteiger partial charge in [-0.1, -0.05) is 0 Å². The molecule has 0 radical (unpaired) electrons. The van der Waals surface area contributed by atoms with Crippen LogP contribution in [-0.2, 0) is 4.79 Å². The van der Waals surface area contributed by atoms with E-state index in [1.165, 1.54) is 18.3 Å². The smallest absolute Gasteiger partial charge is 0.266 e. The molecule has 7 heteroatoms. The van der Waals surface area contributed by atoms with Crippen LogP contribution < -0.4 is 14.8 Å². The van der Waals surface area contributed by atoms with Gasteiger partial charge < -0.3 is 9.47 Å². The Morgan fingerprint density at radius 1 is 1.23 bits per heavy atom. The maximum absolute atomic E-state index is 12.0. The Morgan fingerprint density at radius 3 is 2.41 bits per heavy atom. The number of ether oxygens (including phenoxy) is 2. The van der Waals surface area contributed by atoms with Crippen LogP contribution in [0, 0.1) is 0 Å². The van der Waals surface area contributed by atoms with Crippen molar-refractivity contribution in [1.82, 2.24) is 4.98 Å². The van der Waals surface area contributed by atoms with E-state index in [1.807, 2.05) is 0 Å². The number of carbonyl (C=O) groups excluding carboxylic acids is 2. The van der Waals surface area contributed by atoms with Gasteiger partial charge in [0.05, 0.1) is 7.11 Å². The summed E-state index contributed by atoms with van der Waals surface area (Å²) in [4.78, 5) is 27.2. The van der Waals surface area contributed by atoms with E-state index in [-0.39, 0.29) is 11.7 Å². The number of benzene rings is 1. The summed E-state index contributed by atoms with van der Waals surface area (Å²) in [7, 11) is 1.58. The first kappa shape index (κ1) is 16.0. The van der Waals surface area contributed by atoms with Crippen LogP contribution in [0.15, 0.2) is 29.6 Å². The topological polar surface area (TPSA) is 77.5 Å². The minimum atomic E-state index is -0.696. The highest BCUT2D eigenvalue weighted by Crippen LogP contribution is 2.19. The fraction of sp³-hybridized carbons (Fsp3) is 0.267. The molecule has 1 aromatic carbocycles. The van der Waals surface area contributed by atoms with E-state index < -0.39 is 6.10 Å². The zero-order chi connectivity index (χ0) is 16.1. The molecule has 0 saturated heterocycles. The Morgan fingerprint density at radius 2 is 1.86 bits per heavy atom. The Balaban J connectivity index is 1.94. The molecule has 0 unspecified atom stereocenters. The first-order valence-electron chi connectivity index (χ1n) is 6.57. The molecule has 2 rings (SSSR count). The van der Waals surface area contributed by atoms with Crippen LogP contribution in [0.4, 0.5) is 5.13 Å². The number of ketones is 1. The van der Waals surface area contributed by atoms with Gasteiger partial charge in [0.25, 0.3) is 5.91 Å². The lowest BCUT2D eigenvalue weighted by atomic mass is 10.3. The molecule has 0 spiro atoms. The molecule has 0 saturated carbocycles. The highest BCUT2D eigenvalue weighted by molar-refractivity contribution is 7.14. The van der Waals surface area contributed by atoms with E-state index in [0.29, 0.717) is 22.3 Å². The SMILES string of the molecule is COc1ccc(O[C@@H](C)C(=O)Nc2nc(C(C)=O)cs2)cc1. The third-order valence-electron chi connectivity index (χ3n) is 2.84. The zero-order valence-corrected chi connectivity index (χ0v) is 13.3. The summed E-state index contributed by atoms with van der Waals surface area (Å²) in [6.07, 6.45) is -0.696. The Bertz CT molecular complexity index is 666. The van der Waals surface area contributed by atoms with Gasteiger partial charge in [-0.15, -0.1) is 11.3 Å². The van der Waals surface area contributed by atoms with Crippen molar-refractivity contribution in [1.29, 1.82) is 0 Å². The predicted octanol–water partition coefficient (Wildman–Crippen LogP) is 2.76. The van der Waals surface area contributed by atoms with E-state index in [2.05, 4.69) is 10.3 Å². The second-order valence-corrected chi connectivity index (χ2v) is 5.38. The minimum Gasteiger partial charge on any atom is -0.497 e. The summed E-state index contributed by atoms with van der Waals surface area (Å²) in [5, 5.41) is 4.61. The van der Waals surface area contributed by atoms with Crippen LogP contribution in [0.1, 0.15) is 24.3 Å². The fourth-order valence-corrected chi connectivity index (χ4v) is 2.36. The third kappa shape index (κ3) is 4.05. The number of carbonyl (C=O) groups is 2. The lowest BCUT2D eigenvalue weighted by Crippen LogP contribution is -2.30. The normalized spacial score (nSPS) is 11.6. The number of amides is 1. The maximum atomic E-state index is 12.0. The molecule has 1 heterocycles. The van der Waals surface area contributed by atoms with E-state index >= 15 is 0 Å². The van der Waals surface area contributed by atoms with Gasteiger partial charge in [0.1, 0.15) is 17.2 Å². The van der Waals surface area contributed by atoms with E-state index in [9.17, 15) is 9.59 Å². The number of hydrogen-bond donors (Lipinski definition) is 1. The first-order chi connectivity index (χ1) is 10.5. The second-order valence-electron chi connectivity index (χ2n) is 4.52. The maximum Gasteiger partial charge on any atom is 0.266 e. The van der Waals surface area contributed by atoms with E-state index in [4.69, 9.17) is 9.47 Å². The van der Waals surface area contributed by atoms with Crippen molar-refractivity contribution in [3.8, 4) is 11.5 Å². The number of Topliss-reactive ketones (excluding diaryl/α,β-unsaturated/α-hetero) is 1. The summed E-state index contributed by atoms with van der Waals surface area (Å²) in [6, 6.07) is 6.94. The van der Waals surface area contributed by atoms with Crippen LogP contribution in [-0.4, -0.2) is 29.9 Å². The summed E-state index contributed by atoms with van der Waals surface area (Å²) in [5.41, 5.74) is 0.337. The number of aromatic nitrogens is 1. The molecule has 1 N–H and O–H groups in total. The molecule has 1 aromatic heterocycles. The van der Waals surface area contributed by atoms with Gasteiger partial charge in [0, 0.05) is 12.3 Å². The molecule has 22 heavy (non-hydrogen) atoms. The predicted molar refractivity (Wildman–Crippen MR) is 83.8 cm³/mol. The van der Waals surface area contributed by atoms with Gasteiger partial charge in [-0.3, -0.25) is 14.9 Å². The number of thiazole rings is 1. The third-order valence-corrected chi connectivity index (χ3v) is 3.59. The molecule has 1 amide bonds. The number of anilines is 1. The highest BCUT2D eigenvalue weighted by Gasteiger charge is 2.17. The molecular formula is C15H16N2O4S. The van der Waals surface area contributed by atoms with Crippen molar-refractivity contribution in [3.05, 3.63) is 35.3 Å². The minimum absolute atomic E-state index is 0.140. The molecule has 1 atom stereocenters. The van der Waals surface area contributed by atoms with Crippen molar-refractivity contribution in [2.45, 2.75) is 20.0 Å². The Kier molecular flexibility index (Phi) is 5.11. The van der Waals surface area contributed by atoms with Crippen molar-refractivity contribution in [2.75, 3.05) is 12.4 Å². The largest absolute Gasteiger partial charge is 0.497 e. The van der Waals surface area contributed by atoms with Gasteiger partial charge in [-0.2, -0.15) is 0 Å². The average Bonchev–Trinajstić information content (AvgIpc) is 2.96. The number of nitrogens with one attached hydrogen (secondary N) is 1. The van der Waals surface area contributed by atoms with Crippen LogP contribution in [0.3, 0.4) is 0 Å². The van der Waals surface area contributed by atoms with Crippen LogP contribution >= 0.6 is 11.3 Å². The van der Waals surface area contributed by atoms with Gasteiger partial charge in [-0.05, 0) is 31.2 Å². The lowest BCUT2D eigenvalue weighted by molar-refractivity contribution is -0.122. The van der Waals surface area contributed by atoms with Crippen molar-refractivity contribution in [2.24, 2.45) is 0 Å². The van der Waals surface area contributed by atoms with Crippen molar-refractivity contribution < 1.29 is 19.1 Å². The van der Waals surface area contributed by atoms with Crippen LogP contribution in [0.25, 0.3) is 0 Å². The van der Waals surface area contributed by atoms with Gasteiger partial charge in [0.15, 0.2) is 17.0 Å². The summed E-state index contributed by atoms with van der Waals surface area (Å²) in [6.45, 7) is 3.06.